The van der Waals surface area contributed by atoms with E-state index in [2.05, 4.69) is 4.72 Å². The molecule has 0 saturated heterocycles. The average molecular weight is 259 g/mol. The van der Waals surface area contributed by atoms with E-state index in [1.807, 2.05) is 0 Å². The molecule has 0 fully saturated rings. The standard InChI is InChI=1S/C11H17NO4S/c1-8(2)12-17(14,15)10-4-5-11(16-3)9(6-10)7-13/h4-6,8,12-13H,7H2,1-3H3. The van der Waals surface area contributed by atoms with Crippen molar-refractivity contribution in [3.63, 3.8) is 0 Å². The van der Waals surface area contributed by atoms with Gasteiger partial charge in [-0.05, 0) is 32.0 Å². The molecular weight excluding hydrogens is 242 g/mol. The number of methoxy groups -OCH3 is 1. The van der Waals surface area contributed by atoms with E-state index < -0.39 is 10.0 Å². The summed E-state index contributed by atoms with van der Waals surface area (Å²) in [6.07, 6.45) is 0. The molecule has 17 heavy (non-hydrogen) atoms. The van der Waals surface area contributed by atoms with Crippen LogP contribution in [0.3, 0.4) is 0 Å². The fourth-order valence-electron chi connectivity index (χ4n) is 1.42. The lowest BCUT2D eigenvalue weighted by molar-refractivity contribution is 0.273. The van der Waals surface area contributed by atoms with Gasteiger partial charge in [-0.25, -0.2) is 13.1 Å². The molecule has 0 atom stereocenters. The predicted octanol–water partition coefficient (Wildman–Crippen LogP) is 0.874. The van der Waals surface area contributed by atoms with Gasteiger partial charge in [-0.2, -0.15) is 0 Å². The van der Waals surface area contributed by atoms with Crippen molar-refractivity contribution in [3.8, 4) is 5.75 Å². The van der Waals surface area contributed by atoms with Gasteiger partial charge in [-0.15, -0.1) is 0 Å². The Morgan fingerprint density at radius 1 is 1.41 bits per heavy atom. The van der Waals surface area contributed by atoms with Gasteiger partial charge in [0.05, 0.1) is 18.6 Å². The molecule has 0 amide bonds. The number of aliphatic hydroxyl groups excluding tert-OH is 1. The summed E-state index contributed by atoms with van der Waals surface area (Å²) in [5, 5.41) is 9.13. The van der Waals surface area contributed by atoms with Crippen LogP contribution < -0.4 is 9.46 Å². The molecule has 0 aromatic heterocycles. The summed E-state index contributed by atoms with van der Waals surface area (Å²) in [5.74, 6) is 0.469. The topological polar surface area (TPSA) is 75.6 Å². The number of benzene rings is 1. The normalized spacial score (nSPS) is 11.8. The third-order valence-electron chi connectivity index (χ3n) is 2.12. The molecule has 0 saturated carbocycles. The highest BCUT2D eigenvalue weighted by Crippen LogP contribution is 2.22. The summed E-state index contributed by atoms with van der Waals surface area (Å²) >= 11 is 0. The van der Waals surface area contributed by atoms with Crippen molar-refractivity contribution in [3.05, 3.63) is 23.8 Å². The van der Waals surface area contributed by atoms with Crippen molar-refractivity contribution in [1.29, 1.82) is 0 Å². The lowest BCUT2D eigenvalue weighted by Gasteiger charge is -2.12. The Morgan fingerprint density at radius 3 is 2.53 bits per heavy atom. The number of aliphatic hydroxyl groups is 1. The maximum atomic E-state index is 11.9. The molecule has 1 aromatic carbocycles. The molecule has 0 heterocycles. The van der Waals surface area contributed by atoms with E-state index in [4.69, 9.17) is 9.84 Å². The monoisotopic (exact) mass is 259 g/mol. The fourth-order valence-corrected chi connectivity index (χ4v) is 2.73. The van der Waals surface area contributed by atoms with Crippen LogP contribution in [0.1, 0.15) is 19.4 Å². The first kappa shape index (κ1) is 14.0. The quantitative estimate of drug-likeness (QED) is 0.823. The van der Waals surface area contributed by atoms with Gasteiger partial charge in [-0.1, -0.05) is 0 Å². The molecular formula is C11H17NO4S. The highest BCUT2D eigenvalue weighted by Gasteiger charge is 2.17. The van der Waals surface area contributed by atoms with Crippen LogP contribution in [0.25, 0.3) is 0 Å². The highest BCUT2D eigenvalue weighted by atomic mass is 32.2. The van der Waals surface area contributed by atoms with Crippen molar-refractivity contribution < 1.29 is 18.3 Å². The van der Waals surface area contributed by atoms with Gasteiger partial charge >= 0.3 is 0 Å². The molecule has 0 aliphatic rings. The van der Waals surface area contributed by atoms with Crippen LogP contribution in [0.5, 0.6) is 5.75 Å². The molecule has 1 rings (SSSR count). The number of sulfonamides is 1. The van der Waals surface area contributed by atoms with E-state index in [-0.39, 0.29) is 17.5 Å². The second-order valence-corrected chi connectivity index (χ2v) is 5.62. The molecule has 2 N–H and O–H groups in total. The first-order valence-electron chi connectivity index (χ1n) is 5.21. The molecule has 0 aliphatic carbocycles. The Morgan fingerprint density at radius 2 is 2.06 bits per heavy atom. The SMILES string of the molecule is COc1ccc(S(=O)(=O)NC(C)C)cc1CO. The predicted molar refractivity (Wildman–Crippen MR) is 64.4 cm³/mol. The van der Waals surface area contributed by atoms with Crippen molar-refractivity contribution in [2.75, 3.05) is 7.11 Å². The second kappa shape index (κ2) is 5.48. The first-order chi connectivity index (χ1) is 7.90. The minimum Gasteiger partial charge on any atom is -0.496 e. The largest absolute Gasteiger partial charge is 0.496 e. The lowest BCUT2D eigenvalue weighted by Crippen LogP contribution is -2.30. The molecule has 0 spiro atoms. The van der Waals surface area contributed by atoms with E-state index in [0.29, 0.717) is 11.3 Å². The van der Waals surface area contributed by atoms with Crippen molar-refractivity contribution in [2.45, 2.75) is 31.4 Å². The fraction of sp³-hybridized carbons (Fsp3) is 0.455. The molecule has 5 nitrogen and oxygen atoms in total. The van der Waals surface area contributed by atoms with E-state index in [0.717, 1.165) is 0 Å². The Balaban J connectivity index is 3.16. The Kier molecular flexibility index (Phi) is 4.50. The van der Waals surface area contributed by atoms with Crippen molar-refractivity contribution in [2.24, 2.45) is 0 Å². The van der Waals surface area contributed by atoms with Crippen LogP contribution in [-0.4, -0.2) is 26.7 Å². The maximum absolute atomic E-state index is 11.9. The highest BCUT2D eigenvalue weighted by molar-refractivity contribution is 7.89. The molecule has 0 radical (unpaired) electrons. The molecule has 1 aromatic rings. The van der Waals surface area contributed by atoms with E-state index >= 15 is 0 Å². The third kappa shape index (κ3) is 3.42. The van der Waals surface area contributed by atoms with Crippen LogP contribution in [0.4, 0.5) is 0 Å². The number of rotatable bonds is 5. The maximum Gasteiger partial charge on any atom is 0.240 e. The molecule has 0 bridgehead atoms. The van der Waals surface area contributed by atoms with Crippen LogP contribution >= 0.6 is 0 Å². The number of nitrogens with one attached hydrogen (secondary N) is 1. The minimum atomic E-state index is -3.53. The second-order valence-electron chi connectivity index (χ2n) is 3.91. The lowest BCUT2D eigenvalue weighted by atomic mass is 10.2. The average Bonchev–Trinajstić information content (AvgIpc) is 2.26. The van der Waals surface area contributed by atoms with Gasteiger partial charge in [0.25, 0.3) is 0 Å². The summed E-state index contributed by atoms with van der Waals surface area (Å²) in [4.78, 5) is 0.121. The Labute approximate surface area is 101 Å². The van der Waals surface area contributed by atoms with E-state index in [1.54, 1.807) is 13.8 Å². The Bertz CT molecular complexity index is 482. The summed E-state index contributed by atoms with van der Waals surface area (Å²) < 4.78 is 31.2. The summed E-state index contributed by atoms with van der Waals surface area (Å²) in [7, 11) is -2.07. The summed E-state index contributed by atoms with van der Waals surface area (Å²) in [6.45, 7) is 3.22. The van der Waals surface area contributed by atoms with E-state index in [9.17, 15) is 8.42 Å². The molecule has 6 heteroatoms. The summed E-state index contributed by atoms with van der Waals surface area (Å²) in [6, 6.07) is 4.20. The zero-order chi connectivity index (χ0) is 13.1. The van der Waals surface area contributed by atoms with Crippen LogP contribution in [0, 0.1) is 0 Å². The first-order valence-corrected chi connectivity index (χ1v) is 6.69. The molecule has 0 unspecified atom stereocenters. The van der Waals surface area contributed by atoms with Crippen molar-refractivity contribution >= 4 is 10.0 Å². The van der Waals surface area contributed by atoms with Gasteiger partial charge in [0.2, 0.25) is 10.0 Å². The van der Waals surface area contributed by atoms with E-state index in [1.165, 1.54) is 25.3 Å². The number of ether oxygens (including phenoxy) is 1. The molecule has 0 aliphatic heterocycles. The van der Waals surface area contributed by atoms with Crippen molar-refractivity contribution in [1.82, 2.24) is 4.72 Å². The van der Waals surface area contributed by atoms with Gasteiger partial charge in [0, 0.05) is 11.6 Å². The zero-order valence-corrected chi connectivity index (χ0v) is 10.9. The van der Waals surface area contributed by atoms with Crippen LogP contribution in [-0.2, 0) is 16.6 Å². The Hall–Kier alpha value is -1.11. The van der Waals surface area contributed by atoms with Crippen LogP contribution in [0.2, 0.25) is 0 Å². The number of hydrogen-bond donors (Lipinski definition) is 2. The van der Waals surface area contributed by atoms with Gasteiger partial charge in [0.1, 0.15) is 5.75 Å². The molecule has 96 valence electrons. The van der Waals surface area contributed by atoms with Crippen LogP contribution in [0.15, 0.2) is 23.1 Å². The number of hydrogen-bond acceptors (Lipinski definition) is 4. The minimum absolute atomic E-state index is 0.121. The smallest absolute Gasteiger partial charge is 0.240 e. The summed E-state index contributed by atoms with van der Waals surface area (Å²) in [5.41, 5.74) is 0.444. The van der Waals surface area contributed by atoms with Gasteiger partial charge in [0.15, 0.2) is 0 Å². The third-order valence-corrected chi connectivity index (χ3v) is 3.78. The zero-order valence-electron chi connectivity index (χ0n) is 10.1. The van der Waals surface area contributed by atoms with Gasteiger partial charge < -0.3 is 9.84 Å². The van der Waals surface area contributed by atoms with Gasteiger partial charge in [-0.3, -0.25) is 0 Å².